The molecule has 4 saturated carbocycles. The lowest BCUT2D eigenvalue weighted by atomic mass is 9.54. The zero-order valence-corrected chi connectivity index (χ0v) is 17.7. The van der Waals surface area contributed by atoms with Gasteiger partial charge in [-0.3, -0.25) is 9.69 Å². The smallest absolute Gasteiger partial charge is 0.419 e. The molecular weight excluding hydrogens is 405 g/mol. The summed E-state index contributed by atoms with van der Waals surface area (Å²) in [5, 5.41) is 3.35. The van der Waals surface area contributed by atoms with Gasteiger partial charge in [0.1, 0.15) is 11.9 Å². The van der Waals surface area contributed by atoms with Crippen molar-refractivity contribution in [2.24, 2.45) is 23.7 Å². The highest BCUT2D eigenvalue weighted by atomic mass is 19.4. The molecular formula is C24H31F3N2O2. The third kappa shape index (κ3) is 4.57. The van der Waals surface area contributed by atoms with Crippen molar-refractivity contribution >= 4 is 5.91 Å². The van der Waals surface area contributed by atoms with Crippen LogP contribution >= 0.6 is 0 Å². The van der Waals surface area contributed by atoms with Crippen molar-refractivity contribution < 1.29 is 22.7 Å². The molecule has 1 N–H and O–H groups in total. The number of benzene rings is 1. The molecule has 4 aliphatic carbocycles. The Hall–Kier alpha value is -1.76. The van der Waals surface area contributed by atoms with E-state index in [0.29, 0.717) is 50.4 Å². The molecule has 1 amide bonds. The Balaban J connectivity index is 1.10. The highest BCUT2D eigenvalue weighted by Crippen LogP contribution is 2.53. The van der Waals surface area contributed by atoms with Crippen LogP contribution < -0.4 is 10.1 Å². The van der Waals surface area contributed by atoms with Gasteiger partial charge in [0.25, 0.3) is 0 Å². The number of hydrogen-bond acceptors (Lipinski definition) is 3. The number of rotatable bonds is 5. The first-order valence-corrected chi connectivity index (χ1v) is 11.7. The second kappa shape index (κ2) is 8.30. The lowest BCUT2D eigenvalue weighted by Crippen LogP contribution is -2.57. The van der Waals surface area contributed by atoms with Crippen molar-refractivity contribution in [1.82, 2.24) is 10.2 Å². The van der Waals surface area contributed by atoms with E-state index in [1.54, 1.807) is 6.07 Å². The molecule has 0 aromatic heterocycles. The topological polar surface area (TPSA) is 41.6 Å². The molecule has 31 heavy (non-hydrogen) atoms. The standard InChI is InChI=1S/C24H31F3N2O2/c25-24(26,27)20-3-1-2-4-21(20)31-19-5-7-29(8-6-19)14-22(30)28-23-17-10-15-9-16(12-17)13-18(23)11-15/h1-4,15-19,23H,5-14H2,(H,28,30). The van der Waals surface area contributed by atoms with Crippen molar-refractivity contribution in [3.63, 3.8) is 0 Å². The molecule has 7 heteroatoms. The second-order valence-corrected chi connectivity index (χ2v) is 10.1. The van der Waals surface area contributed by atoms with Crippen molar-refractivity contribution in [2.75, 3.05) is 19.6 Å². The molecule has 4 bridgehead atoms. The molecule has 6 rings (SSSR count). The fourth-order valence-corrected chi connectivity index (χ4v) is 6.76. The molecule has 1 aromatic rings. The predicted octanol–water partition coefficient (Wildman–Crippen LogP) is 4.49. The Morgan fingerprint density at radius 1 is 1.00 bits per heavy atom. The maximum Gasteiger partial charge on any atom is 0.419 e. The van der Waals surface area contributed by atoms with Crippen LogP contribution in [0, 0.1) is 23.7 Å². The number of halogens is 3. The minimum atomic E-state index is -4.42. The van der Waals surface area contributed by atoms with Gasteiger partial charge in [0, 0.05) is 19.1 Å². The van der Waals surface area contributed by atoms with Gasteiger partial charge < -0.3 is 10.1 Å². The zero-order valence-electron chi connectivity index (χ0n) is 17.7. The molecule has 170 valence electrons. The summed E-state index contributed by atoms with van der Waals surface area (Å²) in [7, 11) is 0. The monoisotopic (exact) mass is 436 g/mol. The minimum absolute atomic E-state index is 0.0965. The number of amides is 1. The SMILES string of the molecule is O=C(CN1CCC(Oc2ccccc2C(F)(F)F)CC1)NC1C2CC3CC(C2)CC1C3. The molecule has 4 nitrogen and oxygen atoms in total. The minimum Gasteiger partial charge on any atom is -0.490 e. The van der Waals surface area contributed by atoms with Gasteiger partial charge in [-0.1, -0.05) is 12.1 Å². The Morgan fingerprint density at radius 3 is 2.23 bits per heavy atom. The summed E-state index contributed by atoms with van der Waals surface area (Å²) in [4.78, 5) is 14.8. The fourth-order valence-electron chi connectivity index (χ4n) is 6.76. The average molecular weight is 437 g/mol. The van der Waals surface area contributed by atoms with E-state index in [2.05, 4.69) is 10.2 Å². The molecule has 0 radical (unpaired) electrons. The number of carbonyl (C=O) groups excluding carboxylic acids is 1. The first-order valence-electron chi connectivity index (χ1n) is 11.7. The van der Waals surface area contributed by atoms with Gasteiger partial charge in [-0.25, -0.2) is 0 Å². The summed E-state index contributed by atoms with van der Waals surface area (Å²) in [6, 6.07) is 5.72. The van der Waals surface area contributed by atoms with Gasteiger partial charge in [-0.2, -0.15) is 13.2 Å². The van der Waals surface area contributed by atoms with Crippen LogP contribution in [0.3, 0.4) is 0 Å². The quantitative estimate of drug-likeness (QED) is 0.740. The van der Waals surface area contributed by atoms with Gasteiger partial charge in [0.15, 0.2) is 0 Å². The number of nitrogens with zero attached hydrogens (tertiary/aromatic N) is 1. The van der Waals surface area contributed by atoms with Gasteiger partial charge in [0.05, 0.1) is 12.1 Å². The van der Waals surface area contributed by atoms with Gasteiger partial charge in [0.2, 0.25) is 5.91 Å². The lowest BCUT2D eigenvalue weighted by molar-refractivity contribution is -0.139. The van der Waals surface area contributed by atoms with Crippen LogP contribution in [0.5, 0.6) is 5.75 Å². The highest BCUT2D eigenvalue weighted by Gasteiger charge is 2.48. The van der Waals surface area contributed by atoms with Crippen LogP contribution in [0.2, 0.25) is 0 Å². The predicted molar refractivity (Wildman–Crippen MR) is 111 cm³/mol. The molecule has 1 aliphatic heterocycles. The Bertz CT molecular complexity index is 776. The van der Waals surface area contributed by atoms with Crippen molar-refractivity contribution in [1.29, 1.82) is 0 Å². The number of para-hydroxylation sites is 1. The number of alkyl halides is 3. The maximum absolute atomic E-state index is 13.2. The Kier molecular flexibility index (Phi) is 5.65. The molecule has 5 fully saturated rings. The van der Waals surface area contributed by atoms with Crippen molar-refractivity contribution in [3.05, 3.63) is 29.8 Å². The fraction of sp³-hybridized carbons (Fsp3) is 0.708. The first kappa shape index (κ1) is 21.1. The van der Waals surface area contributed by atoms with E-state index in [4.69, 9.17) is 4.74 Å². The Morgan fingerprint density at radius 2 is 1.61 bits per heavy atom. The average Bonchev–Trinajstić information content (AvgIpc) is 2.71. The molecule has 1 heterocycles. The van der Waals surface area contributed by atoms with E-state index in [0.717, 1.165) is 17.9 Å². The number of carbonyl (C=O) groups is 1. The van der Waals surface area contributed by atoms with Crippen LogP contribution in [0.25, 0.3) is 0 Å². The van der Waals surface area contributed by atoms with Crippen LogP contribution in [0.15, 0.2) is 24.3 Å². The Labute approximate surface area is 181 Å². The lowest BCUT2D eigenvalue weighted by Gasteiger charge is -2.54. The van der Waals surface area contributed by atoms with E-state index in [1.807, 2.05) is 0 Å². The van der Waals surface area contributed by atoms with Crippen molar-refractivity contribution in [3.8, 4) is 5.75 Å². The number of likely N-dealkylation sites (tertiary alicyclic amines) is 1. The molecule has 0 spiro atoms. The maximum atomic E-state index is 13.2. The number of ether oxygens (including phenoxy) is 1. The molecule has 1 saturated heterocycles. The van der Waals surface area contributed by atoms with E-state index in [-0.39, 0.29) is 17.8 Å². The van der Waals surface area contributed by atoms with Crippen LogP contribution in [0.1, 0.15) is 50.5 Å². The van der Waals surface area contributed by atoms with E-state index in [9.17, 15) is 18.0 Å². The largest absolute Gasteiger partial charge is 0.490 e. The zero-order chi connectivity index (χ0) is 21.6. The van der Waals surface area contributed by atoms with Crippen LogP contribution in [0.4, 0.5) is 13.2 Å². The molecule has 0 atom stereocenters. The number of nitrogens with one attached hydrogen (secondary N) is 1. The third-order valence-corrected chi connectivity index (χ3v) is 7.94. The van der Waals surface area contributed by atoms with Crippen molar-refractivity contribution in [2.45, 2.75) is 63.3 Å². The van der Waals surface area contributed by atoms with Gasteiger partial charge in [-0.05, 0) is 80.8 Å². The first-order chi connectivity index (χ1) is 14.8. The second-order valence-electron chi connectivity index (χ2n) is 10.1. The summed E-state index contributed by atoms with van der Waals surface area (Å²) in [5.41, 5.74) is -0.729. The summed E-state index contributed by atoms with van der Waals surface area (Å²) in [6.07, 6.45) is 3.08. The molecule has 0 unspecified atom stereocenters. The van der Waals surface area contributed by atoms with E-state index >= 15 is 0 Å². The van der Waals surface area contributed by atoms with Gasteiger partial charge >= 0.3 is 6.18 Å². The number of piperidine rings is 1. The molecule has 5 aliphatic rings. The third-order valence-electron chi connectivity index (χ3n) is 7.94. The highest BCUT2D eigenvalue weighted by molar-refractivity contribution is 5.78. The van der Waals surface area contributed by atoms with E-state index in [1.165, 1.54) is 44.2 Å². The van der Waals surface area contributed by atoms with Crippen LogP contribution in [-0.2, 0) is 11.0 Å². The van der Waals surface area contributed by atoms with E-state index < -0.39 is 11.7 Å². The molecule has 1 aromatic carbocycles. The van der Waals surface area contributed by atoms with Gasteiger partial charge in [-0.15, -0.1) is 0 Å². The summed E-state index contributed by atoms with van der Waals surface area (Å²) < 4.78 is 45.2. The summed E-state index contributed by atoms with van der Waals surface area (Å²) in [5.74, 6) is 3.09. The summed E-state index contributed by atoms with van der Waals surface area (Å²) in [6.45, 7) is 1.69. The van der Waals surface area contributed by atoms with Crippen LogP contribution in [-0.4, -0.2) is 42.6 Å². The normalized spacial score (nSPS) is 33.5. The number of hydrogen-bond donors (Lipinski definition) is 1. The summed E-state index contributed by atoms with van der Waals surface area (Å²) >= 11 is 0.